The summed E-state index contributed by atoms with van der Waals surface area (Å²) >= 11 is 5.84. The Morgan fingerprint density at radius 3 is 2.78 bits per heavy atom. The molecule has 0 radical (unpaired) electrons. The summed E-state index contributed by atoms with van der Waals surface area (Å²) in [6.45, 7) is 0. The highest BCUT2D eigenvalue weighted by Gasteiger charge is 2.10. The van der Waals surface area contributed by atoms with Crippen LogP contribution in [0.2, 0.25) is 5.02 Å². The topological polar surface area (TPSA) is 54.7 Å². The van der Waals surface area contributed by atoms with Crippen molar-refractivity contribution in [3.8, 4) is 11.4 Å². The summed E-state index contributed by atoms with van der Waals surface area (Å²) in [5.74, 6) is 0.173. The van der Waals surface area contributed by atoms with E-state index in [-0.39, 0.29) is 5.82 Å². The summed E-state index contributed by atoms with van der Waals surface area (Å²) in [6, 6.07) is 9.88. The lowest BCUT2D eigenvalue weighted by molar-refractivity contribution is 0.637. The highest BCUT2D eigenvalue weighted by molar-refractivity contribution is 6.31. The molecule has 0 aliphatic carbocycles. The lowest BCUT2D eigenvalue weighted by Crippen LogP contribution is -1.91. The molecule has 1 aromatic heterocycles. The normalized spacial score (nSPS) is 11.0. The zero-order chi connectivity index (χ0) is 12.7. The summed E-state index contributed by atoms with van der Waals surface area (Å²) in [5, 5.41) is 0.554. The Bertz CT molecular complexity index is 736. The number of para-hydroxylation sites is 1. The van der Waals surface area contributed by atoms with E-state index in [2.05, 4.69) is 9.97 Å². The first-order valence-corrected chi connectivity index (χ1v) is 5.72. The molecule has 0 saturated carbocycles. The average molecular weight is 262 g/mol. The summed E-state index contributed by atoms with van der Waals surface area (Å²) in [7, 11) is 0. The van der Waals surface area contributed by atoms with E-state index in [1.165, 1.54) is 6.07 Å². The number of fused-ring (bicyclic) bond motifs is 1. The van der Waals surface area contributed by atoms with Crippen LogP contribution in [0, 0.1) is 5.82 Å². The second-order valence-electron chi connectivity index (χ2n) is 3.95. The van der Waals surface area contributed by atoms with E-state index in [0.29, 0.717) is 33.1 Å². The SMILES string of the molecule is Nc1cc(Cl)ccc1-c1nc2c(F)cccc2[nH]1. The Labute approximate surface area is 107 Å². The summed E-state index contributed by atoms with van der Waals surface area (Å²) in [6.07, 6.45) is 0. The molecule has 2 aromatic carbocycles. The van der Waals surface area contributed by atoms with Crippen LogP contribution >= 0.6 is 11.6 Å². The number of imidazole rings is 1. The third kappa shape index (κ3) is 1.71. The van der Waals surface area contributed by atoms with E-state index < -0.39 is 0 Å². The van der Waals surface area contributed by atoms with Gasteiger partial charge in [-0.2, -0.15) is 0 Å². The molecule has 0 aliphatic heterocycles. The fraction of sp³-hybridized carbons (Fsp3) is 0. The molecule has 0 fully saturated rings. The fourth-order valence-electron chi connectivity index (χ4n) is 1.87. The quantitative estimate of drug-likeness (QED) is 0.658. The number of nitrogens with zero attached hydrogens (tertiary/aromatic N) is 1. The van der Waals surface area contributed by atoms with Gasteiger partial charge < -0.3 is 10.7 Å². The van der Waals surface area contributed by atoms with Crippen molar-refractivity contribution in [3.05, 3.63) is 47.2 Å². The zero-order valence-corrected chi connectivity index (χ0v) is 10.0. The Hall–Kier alpha value is -2.07. The molecule has 3 aromatic rings. The largest absolute Gasteiger partial charge is 0.398 e. The lowest BCUT2D eigenvalue weighted by atomic mass is 10.2. The van der Waals surface area contributed by atoms with E-state index in [4.69, 9.17) is 17.3 Å². The van der Waals surface area contributed by atoms with Gasteiger partial charge in [-0.3, -0.25) is 0 Å². The van der Waals surface area contributed by atoms with Crippen LogP contribution in [0.4, 0.5) is 10.1 Å². The lowest BCUT2D eigenvalue weighted by Gasteiger charge is -2.02. The van der Waals surface area contributed by atoms with Gasteiger partial charge in [0.1, 0.15) is 11.3 Å². The second kappa shape index (κ2) is 3.99. The van der Waals surface area contributed by atoms with Crippen LogP contribution in [0.5, 0.6) is 0 Å². The minimum absolute atomic E-state index is 0.307. The molecule has 90 valence electrons. The van der Waals surface area contributed by atoms with Crippen LogP contribution in [-0.2, 0) is 0 Å². The summed E-state index contributed by atoms with van der Waals surface area (Å²) < 4.78 is 13.5. The number of hydrogen-bond donors (Lipinski definition) is 2. The second-order valence-corrected chi connectivity index (χ2v) is 4.39. The van der Waals surface area contributed by atoms with Gasteiger partial charge >= 0.3 is 0 Å². The third-order valence-corrected chi connectivity index (χ3v) is 2.97. The van der Waals surface area contributed by atoms with Gasteiger partial charge in [-0.05, 0) is 30.3 Å². The van der Waals surface area contributed by atoms with Crippen molar-refractivity contribution in [2.24, 2.45) is 0 Å². The third-order valence-electron chi connectivity index (χ3n) is 2.73. The van der Waals surface area contributed by atoms with Crippen LogP contribution in [0.1, 0.15) is 0 Å². The van der Waals surface area contributed by atoms with Gasteiger partial charge in [-0.1, -0.05) is 17.7 Å². The number of anilines is 1. The number of rotatable bonds is 1. The molecule has 3 rings (SSSR count). The van der Waals surface area contributed by atoms with Crippen molar-refractivity contribution >= 4 is 28.3 Å². The first-order chi connectivity index (χ1) is 8.65. The number of nitrogen functional groups attached to an aromatic ring is 1. The number of halogens is 2. The molecule has 5 heteroatoms. The Balaban J connectivity index is 2.23. The molecule has 0 amide bonds. The van der Waals surface area contributed by atoms with Crippen LogP contribution in [-0.4, -0.2) is 9.97 Å². The van der Waals surface area contributed by atoms with Crippen molar-refractivity contribution < 1.29 is 4.39 Å². The van der Waals surface area contributed by atoms with Crippen molar-refractivity contribution in [2.45, 2.75) is 0 Å². The van der Waals surface area contributed by atoms with Gasteiger partial charge in [0.15, 0.2) is 5.82 Å². The van der Waals surface area contributed by atoms with Crippen LogP contribution in [0.25, 0.3) is 22.4 Å². The molecular weight excluding hydrogens is 253 g/mol. The zero-order valence-electron chi connectivity index (χ0n) is 9.24. The molecule has 18 heavy (non-hydrogen) atoms. The number of hydrogen-bond acceptors (Lipinski definition) is 2. The highest BCUT2D eigenvalue weighted by atomic mass is 35.5. The average Bonchev–Trinajstić information content (AvgIpc) is 2.74. The first-order valence-electron chi connectivity index (χ1n) is 5.35. The number of nitrogens with two attached hydrogens (primary N) is 1. The van der Waals surface area contributed by atoms with Gasteiger partial charge in [-0.15, -0.1) is 0 Å². The standard InChI is InChI=1S/C13H9ClFN3/c14-7-4-5-8(10(16)6-7)13-17-11-3-1-2-9(15)12(11)18-13/h1-6H,16H2,(H,17,18). The van der Waals surface area contributed by atoms with Crippen LogP contribution in [0.3, 0.4) is 0 Å². The van der Waals surface area contributed by atoms with E-state index in [1.807, 2.05) is 0 Å². The van der Waals surface area contributed by atoms with Crippen molar-refractivity contribution in [3.63, 3.8) is 0 Å². The molecule has 1 heterocycles. The summed E-state index contributed by atoms with van der Waals surface area (Å²) in [5.41, 5.74) is 8.03. The molecule has 0 spiro atoms. The first kappa shape index (κ1) is 11.0. The van der Waals surface area contributed by atoms with Gasteiger partial charge in [0.05, 0.1) is 5.52 Å². The number of aromatic amines is 1. The van der Waals surface area contributed by atoms with E-state index in [0.717, 1.165) is 0 Å². The Morgan fingerprint density at radius 1 is 1.22 bits per heavy atom. The van der Waals surface area contributed by atoms with Crippen molar-refractivity contribution in [2.75, 3.05) is 5.73 Å². The maximum absolute atomic E-state index is 13.5. The Kier molecular flexibility index (Phi) is 2.45. The van der Waals surface area contributed by atoms with Gasteiger partial charge in [0, 0.05) is 16.3 Å². The molecular formula is C13H9ClFN3. The molecule has 0 saturated heterocycles. The van der Waals surface area contributed by atoms with Crippen molar-refractivity contribution in [1.82, 2.24) is 9.97 Å². The predicted molar refractivity (Wildman–Crippen MR) is 70.9 cm³/mol. The maximum Gasteiger partial charge on any atom is 0.151 e. The number of benzene rings is 2. The van der Waals surface area contributed by atoms with Gasteiger partial charge in [-0.25, -0.2) is 9.37 Å². The molecule has 0 atom stereocenters. The predicted octanol–water partition coefficient (Wildman–Crippen LogP) is 3.60. The minimum Gasteiger partial charge on any atom is -0.398 e. The molecule has 0 unspecified atom stereocenters. The number of aromatic nitrogens is 2. The molecule has 3 nitrogen and oxygen atoms in total. The molecule has 0 aliphatic rings. The molecule has 0 bridgehead atoms. The smallest absolute Gasteiger partial charge is 0.151 e. The van der Waals surface area contributed by atoms with E-state index >= 15 is 0 Å². The van der Waals surface area contributed by atoms with E-state index in [9.17, 15) is 4.39 Å². The summed E-state index contributed by atoms with van der Waals surface area (Å²) in [4.78, 5) is 7.26. The number of H-pyrrole nitrogens is 1. The molecule has 3 N–H and O–H groups in total. The van der Waals surface area contributed by atoms with Gasteiger partial charge in [0.2, 0.25) is 0 Å². The van der Waals surface area contributed by atoms with E-state index in [1.54, 1.807) is 30.3 Å². The minimum atomic E-state index is -0.359. The van der Waals surface area contributed by atoms with Crippen LogP contribution in [0.15, 0.2) is 36.4 Å². The van der Waals surface area contributed by atoms with Crippen LogP contribution < -0.4 is 5.73 Å². The Morgan fingerprint density at radius 2 is 2.06 bits per heavy atom. The van der Waals surface area contributed by atoms with Gasteiger partial charge in [0.25, 0.3) is 0 Å². The maximum atomic E-state index is 13.5. The fourth-order valence-corrected chi connectivity index (χ4v) is 2.05. The highest BCUT2D eigenvalue weighted by Crippen LogP contribution is 2.28. The monoisotopic (exact) mass is 261 g/mol. The van der Waals surface area contributed by atoms with Crippen molar-refractivity contribution in [1.29, 1.82) is 0 Å². The number of nitrogens with one attached hydrogen (secondary N) is 1.